The van der Waals surface area contributed by atoms with E-state index < -0.39 is 0 Å². The third-order valence-corrected chi connectivity index (χ3v) is 2.66. The lowest BCUT2D eigenvalue weighted by atomic mass is 9.95. The Morgan fingerprint density at radius 2 is 2.00 bits per heavy atom. The first-order chi connectivity index (χ1) is 7.68. The average Bonchev–Trinajstić information content (AvgIpc) is 2.30. The summed E-state index contributed by atoms with van der Waals surface area (Å²) in [5.74, 6) is 1.16. The van der Waals surface area contributed by atoms with Gasteiger partial charge in [0.2, 0.25) is 0 Å². The van der Waals surface area contributed by atoms with E-state index in [4.69, 9.17) is 4.74 Å². The number of hydrogen-bond donors (Lipinski definition) is 0. The minimum atomic E-state index is 0.0312. The van der Waals surface area contributed by atoms with E-state index in [2.05, 4.69) is 37.6 Å². The highest BCUT2D eigenvalue weighted by atomic mass is 16.5. The van der Waals surface area contributed by atoms with Crippen molar-refractivity contribution >= 4 is 5.71 Å². The van der Waals surface area contributed by atoms with Gasteiger partial charge in [-0.15, -0.1) is 0 Å². The van der Waals surface area contributed by atoms with Gasteiger partial charge < -0.3 is 4.74 Å². The maximum atomic E-state index is 5.79. The minimum absolute atomic E-state index is 0.0312. The second kappa shape index (κ2) is 4.52. The van der Waals surface area contributed by atoms with Crippen molar-refractivity contribution in [2.24, 2.45) is 10.9 Å². The number of aliphatic imine (C=N–C) groups is 1. The molecular weight excluding hydrogens is 198 g/mol. The lowest BCUT2D eigenvalue weighted by Gasteiger charge is -2.29. The lowest BCUT2D eigenvalue weighted by Crippen LogP contribution is -2.34. The smallest absolute Gasteiger partial charge is 0.143 e. The summed E-state index contributed by atoms with van der Waals surface area (Å²) in [6.07, 6.45) is 0.0312. The van der Waals surface area contributed by atoms with Crippen molar-refractivity contribution in [3.05, 3.63) is 48.2 Å². The largest absolute Gasteiger partial charge is 0.487 e. The van der Waals surface area contributed by atoms with E-state index in [9.17, 15) is 0 Å². The molecule has 0 amide bonds. The van der Waals surface area contributed by atoms with Gasteiger partial charge in [-0.2, -0.15) is 0 Å². The zero-order valence-electron chi connectivity index (χ0n) is 9.81. The molecule has 84 valence electrons. The highest BCUT2D eigenvalue weighted by Gasteiger charge is 2.26. The quantitative estimate of drug-likeness (QED) is 0.743. The molecule has 0 saturated carbocycles. The molecule has 16 heavy (non-hydrogen) atoms. The Morgan fingerprint density at radius 1 is 1.31 bits per heavy atom. The van der Waals surface area contributed by atoms with Crippen molar-refractivity contribution in [2.75, 3.05) is 6.54 Å². The van der Waals surface area contributed by atoms with E-state index in [1.54, 1.807) is 0 Å². The van der Waals surface area contributed by atoms with Crippen molar-refractivity contribution in [2.45, 2.75) is 20.0 Å². The first-order valence-corrected chi connectivity index (χ1v) is 5.62. The van der Waals surface area contributed by atoms with Crippen molar-refractivity contribution in [1.82, 2.24) is 0 Å². The van der Waals surface area contributed by atoms with Gasteiger partial charge >= 0.3 is 0 Å². The van der Waals surface area contributed by atoms with Gasteiger partial charge in [-0.25, -0.2) is 0 Å². The van der Waals surface area contributed by atoms with E-state index in [0.717, 1.165) is 17.0 Å². The van der Waals surface area contributed by atoms with Crippen LogP contribution in [0, 0.1) is 5.92 Å². The van der Waals surface area contributed by atoms with Crippen LogP contribution in [0.2, 0.25) is 0 Å². The molecule has 0 aliphatic carbocycles. The monoisotopic (exact) mass is 215 g/mol. The molecule has 0 saturated heterocycles. The second-order valence-electron chi connectivity index (χ2n) is 4.39. The molecule has 0 spiro atoms. The second-order valence-corrected chi connectivity index (χ2v) is 4.39. The van der Waals surface area contributed by atoms with Crippen molar-refractivity contribution in [3.8, 4) is 0 Å². The van der Waals surface area contributed by atoms with Gasteiger partial charge in [0.15, 0.2) is 0 Å². The fraction of sp³-hybridized carbons (Fsp3) is 0.357. The number of hydrogen-bond acceptors (Lipinski definition) is 2. The summed E-state index contributed by atoms with van der Waals surface area (Å²) in [6.45, 7) is 8.70. The molecule has 0 bridgehead atoms. The Balaban J connectivity index is 2.34. The average molecular weight is 215 g/mol. The SMILES string of the molecule is C=C1CN=C(c2ccccc2)C(C(C)C)O1. The van der Waals surface area contributed by atoms with Crippen molar-refractivity contribution in [1.29, 1.82) is 0 Å². The predicted molar refractivity (Wildman–Crippen MR) is 66.7 cm³/mol. The summed E-state index contributed by atoms with van der Waals surface area (Å²) in [7, 11) is 0. The molecule has 1 aromatic rings. The Labute approximate surface area is 96.7 Å². The van der Waals surface area contributed by atoms with E-state index in [0.29, 0.717) is 12.5 Å². The van der Waals surface area contributed by atoms with Crippen LogP contribution in [-0.2, 0) is 4.74 Å². The van der Waals surface area contributed by atoms with Gasteiger partial charge in [-0.3, -0.25) is 4.99 Å². The fourth-order valence-corrected chi connectivity index (χ4v) is 1.85. The molecule has 1 aromatic carbocycles. The maximum Gasteiger partial charge on any atom is 0.143 e. The molecule has 2 heteroatoms. The van der Waals surface area contributed by atoms with Crippen LogP contribution in [0.25, 0.3) is 0 Å². The van der Waals surface area contributed by atoms with Crippen molar-refractivity contribution in [3.63, 3.8) is 0 Å². The topological polar surface area (TPSA) is 21.6 Å². The van der Waals surface area contributed by atoms with Crippen LogP contribution in [0.15, 0.2) is 47.7 Å². The molecule has 0 N–H and O–H groups in total. The van der Waals surface area contributed by atoms with Gasteiger partial charge in [-0.1, -0.05) is 50.8 Å². The summed E-state index contributed by atoms with van der Waals surface area (Å²) < 4.78 is 5.79. The van der Waals surface area contributed by atoms with Crippen molar-refractivity contribution < 1.29 is 4.74 Å². The van der Waals surface area contributed by atoms with Crippen LogP contribution in [0.1, 0.15) is 19.4 Å². The molecular formula is C14H17NO. The molecule has 1 aliphatic heterocycles. The molecule has 0 aromatic heterocycles. The lowest BCUT2D eigenvalue weighted by molar-refractivity contribution is 0.123. The molecule has 1 aliphatic rings. The maximum absolute atomic E-state index is 5.79. The van der Waals surface area contributed by atoms with Gasteiger partial charge in [0, 0.05) is 0 Å². The van der Waals surface area contributed by atoms with Gasteiger partial charge in [-0.05, 0) is 11.5 Å². The Morgan fingerprint density at radius 3 is 2.62 bits per heavy atom. The minimum Gasteiger partial charge on any atom is -0.487 e. The number of benzene rings is 1. The molecule has 0 radical (unpaired) electrons. The summed E-state index contributed by atoms with van der Waals surface area (Å²) >= 11 is 0. The summed E-state index contributed by atoms with van der Waals surface area (Å²) in [4.78, 5) is 4.58. The van der Waals surface area contributed by atoms with E-state index in [-0.39, 0.29) is 6.10 Å². The van der Waals surface area contributed by atoms with Gasteiger partial charge in [0.1, 0.15) is 11.9 Å². The van der Waals surface area contributed by atoms with E-state index >= 15 is 0 Å². The third kappa shape index (κ3) is 2.16. The van der Waals surface area contributed by atoms with Crippen LogP contribution in [0.3, 0.4) is 0 Å². The molecule has 1 atom stereocenters. The molecule has 0 fully saturated rings. The summed E-state index contributed by atoms with van der Waals surface area (Å²) in [5.41, 5.74) is 2.19. The molecule has 2 rings (SSSR count). The molecule has 2 nitrogen and oxygen atoms in total. The Bertz CT molecular complexity index is 406. The van der Waals surface area contributed by atoms with E-state index in [1.807, 2.05) is 18.2 Å². The number of ether oxygens (including phenoxy) is 1. The Hall–Kier alpha value is -1.57. The van der Waals surface area contributed by atoms with Crippen LogP contribution < -0.4 is 0 Å². The Kier molecular flexibility index (Phi) is 3.09. The normalized spacial score (nSPS) is 20.6. The zero-order valence-corrected chi connectivity index (χ0v) is 9.81. The summed E-state index contributed by atoms with van der Waals surface area (Å²) in [5, 5.41) is 0. The van der Waals surface area contributed by atoms with Gasteiger partial charge in [0.25, 0.3) is 0 Å². The van der Waals surface area contributed by atoms with Crippen LogP contribution in [-0.4, -0.2) is 18.4 Å². The highest BCUT2D eigenvalue weighted by molar-refractivity contribution is 6.04. The van der Waals surface area contributed by atoms with Crippen LogP contribution in [0.5, 0.6) is 0 Å². The first-order valence-electron chi connectivity index (χ1n) is 5.62. The molecule has 1 unspecified atom stereocenters. The van der Waals surface area contributed by atoms with Gasteiger partial charge in [0.05, 0.1) is 12.3 Å². The third-order valence-electron chi connectivity index (χ3n) is 2.66. The van der Waals surface area contributed by atoms with Crippen LogP contribution in [0.4, 0.5) is 0 Å². The van der Waals surface area contributed by atoms with Crippen LogP contribution >= 0.6 is 0 Å². The molecule has 1 heterocycles. The standard InChI is InChI=1S/C14H17NO/c1-10(2)14-13(15-9-11(3)16-14)12-7-5-4-6-8-12/h4-8,10,14H,3,9H2,1-2H3. The fourth-order valence-electron chi connectivity index (χ4n) is 1.85. The zero-order chi connectivity index (χ0) is 11.5. The number of rotatable bonds is 2. The highest BCUT2D eigenvalue weighted by Crippen LogP contribution is 2.21. The van der Waals surface area contributed by atoms with E-state index in [1.165, 1.54) is 0 Å². The number of nitrogens with zero attached hydrogens (tertiary/aromatic N) is 1. The summed E-state index contributed by atoms with van der Waals surface area (Å²) in [6, 6.07) is 10.2. The first kappa shape index (κ1) is 10.9. The predicted octanol–water partition coefficient (Wildman–Crippen LogP) is 3.04.